The lowest BCUT2D eigenvalue weighted by Crippen LogP contribution is -2.36. The van der Waals surface area contributed by atoms with Gasteiger partial charge in [-0.3, -0.25) is 0 Å². The molecule has 1 aromatic heterocycles. The van der Waals surface area contributed by atoms with Gasteiger partial charge in [-0.2, -0.15) is 0 Å². The molecule has 0 radical (unpaired) electrons. The normalized spacial score (nSPS) is 12.4. The van der Waals surface area contributed by atoms with Crippen LogP contribution in [0.5, 0.6) is 0 Å². The van der Waals surface area contributed by atoms with E-state index in [1.807, 2.05) is 12.1 Å². The van der Waals surface area contributed by atoms with Gasteiger partial charge >= 0.3 is 0 Å². The fraction of sp³-hybridized carbons (Fsp3) is 0.688. The molecule has 1 atom stereocenters. The molecule has 0 aliphatic carbocycles. The Morgan fingerprint density at radius 3 is 2.65 bits per heavy atom. The van der Waals surface area contributed by atoms with Crippen LogP contribution in [0.1, 0.15) is 44.9 Å². The molecule has 4 nitrogen and oxygen atoms in total. The maximum atomic E-state index is 9.44. The molecule has 0 aromatic carbocycles. The molecule has 1 heterocycles. The second-order valence-corrected chi connectivity index (χ2v) is 5.18. The molecule has 0 saturated carbocycles. The van der Waals surface area contributed by atoms with Crippen LogP contribution in [0.2, 0.25) is 0 Å². The Kier molecular flexibility index (Phi) is 7.55. The van der Waals surface area contributed by atoms with Gasteiger partial charge in [-0.05, 0) is 37.5 Å². The van der Waals surface area contributed by atoms with Gasteiger partial charge in [0.05, 0.1) is 13.2 Å². The quantitative estimate of drug-likeness (QED) is 0.755. The van der Waals surface area contributed by atoms with E-state index in [1.54, 1.807) is 7.11 Å². The van der Waals surface area contributed by atoms with Gasteiger partial charge in [0.15, 0.2) is 0 Å². The number of nitrogens with zero attached hydrogens (tertiary/aromatic N) is 2. The highest BCUT2D eigenvalue weighted by atomic mass is 16.5. The summed E-state index contributed by atoms with van der Waals surface area (Å²) in [5, 5.41) is 9.44. The summed E-state index contributed by atoms with van der Waals surface area (Å²) < 4.78 is 5.20. The summed E-state index contributed by atoms with van der Waals surface area (Å²) in [6.45, 7) is 8.07. The zero-order chi connectivity index (χ0) is 15.0. The Bertz CT molecular complexity index is 396. The molecule has 0 aliphatic heterocycles. The second-order valence-electron chi connectivity index (χ2n) is 5.18. The topological polar surface area (TPSA) is 45.6 Å². The molecule has 0 amide bonds. The zero-order valence-corrected chi connectivity index (χ0v) is 13.2. The third-order valence-electron chi connectivity index (χ3n) is 3.57. The number of pyridine rings is 1. The van der Waals surface area contributed by atoms with Crippen LogP contribution in [0.3, 0.4) is 0 Å². The molecule has 0 spiro atoms. The molecule has 1 N–H and O–H groups in total. The van der Waals surface area contributed by atoms with E-state index in [9.17, 15) is 5.11 Å². The highest BCUT2D eigenvalue weighted by Gasteiger charge is 2.15. The summed E-state index contributed by atoms with van der Waals surface area (Å²) in [6, 6.07) is 4.39. The fourth-order valence-corrected chi connectivity index (χ4v) is 2.23. The third-order valence-corrected chi connectivity index (χ3v) is 3.57. The van der Waals surface area contributed by atoms with E-state index >= 15 is 0 Å². The first kappa shape index (κ1) is 16.9. The maximum Gasteiger partial charge on any atom is 0.129 e. The van der Waals surface area contributed by atoms with Crippen LogP contribution in [-0.4, -0.2) is 36.4 Å². The monoisotopic (exact) mass is 280 g/mol. The predicted octanol–water partition coefficient (Wildman–Crippen LogP) is 2.78. The molecule has 4 heteroatoms. The molecule has 1 unspecified atom stereocenters. The molecule has 114 valence electrons. The van der Waals surface area contributed by atoms with Crippen LogP contribution in [0, 0.1) is 0 Å². The summed E-state index contributed by atoms with van der Waals surface area (Å²) in [5.41, 5.74) is 1.99. The number of anilines is 1. The number of aliphatic hydroxyl groups is 1. The van der Waals surface area contributed by atoms with Crippen molar-refractivity contribution in [3.05, 3.63) is 23.4 Å². The van der Waals surface area contributed by atoms with Crippen molar-refractivity contribution < 1.29 is 9.84 Å². The number of rotatable bonds is 9. The van der Waals surface area contributed by atoms with Crippen LogP contribution in [0.4, 0.5) is 5.82 Å². The largest absolute Gasteiger partial charge is 0.392 e. The molecule has 20 heavy (non-hydrogen) atoms. The van der Waals surface area contributed by atoms with Crippen molar-refractivity contribution in [2.45, 2.75) is 52.7 Å². The number of ether oxygens (including phenoxy) is 1. The first-order chi connectivity index (χ1) is 9.65. The second kappa shape index (κ2) is 8.93. The van der Waals surface area contributed by atoms with Gasteiger partial charge in [0.2, 0.25) is 0 Å². The Morgan fingerprint density at radius 2 is 2.10 bits per heavy atom. The molecule has 0 fully saturated rings. The van der Waals surface area contributed by atoms with Crippen molar-refractivity contribution >= 4 is 5.82 Å². The van der Waals surface area contributed by atoms with Crippen molar-refractivity contribution in [3.63, 3.8) is 0 Å². The van der Waals surface area contributed by atoms with E-state index in [4.69, 9.17) is 9.72 Å². The smallest absolute Gasteiger partial charge is 0.129 e. The average molecular weight is 280 g/mol. The lowest BCUT2D eigenvalue weighted by molar-refractivity contribution is 0.203. The zero-order valence-electron chi connectivity index (χ0n) is 13.2. The van der Waals surface area contributed by atoms with Gasteiger partial charge in [-0.1, -0.05) is 20.3 Å². The molecule has 0 aliphatic rings. The summed E-state index contributed by atoms with van der Waals surface area (Å²) in [7, 11) is 1.72. The van der Waals surface area contributed by atoms with Crippen molar-refractivity contribution in [3.8, 4) is 0 Å². The Balaban J connectivity index is 3.06. The summed E-state index contributed by atoms with van der Waals surface area (Å²) >= 11 is 0. The lowest BCUT2D eigenvalue weighted by Gasteiger charge is -2.30. The summed E-state index contributed by atoms with van der Waals surface area (Å²) in [5.74, 6) is 0.950. The number of methoxy groups -OCH3 is 1. The van der Waals surface area contributed by atoms with Gasteiger partial charge in [0.1, 0.15) is 5.82 Å². The Labute approximate surface area is 122 Å². The van der Waals surface area contributed by atoms with E-state index in [0.717, 1.165) is 42.9 Å². The van der Waals surface area contributed by atoms with Gasteiger partial charge in [0.25, 0.3) is 0 Å². The predicted molar refractivity (Wildman–Crippen MR) is 83.1 cm³/mol. The van der Waals surface area contributed by atoms with Crippen molar-refractivity contribution in [2.75, 3.05) is 25.2 Å². The minimum atomic E-state index is 0.0604. The van der Waals surface area contributed by atoms with E-state index in [1.165, 1.54) is 0 Å². The van der Waals surface area contributed by atoms with Gasteiger partial charge in [-0.25, -0.2) is 4.98 Å². The first-order valence-corrected chi connectivity index (χ1v) is 7.52. The Morgan fingerprint density at radius 1 is 1.35 bits per heavy atom. The van der Waals surface area contributed by atoms with Crippen LogP contribution in [0.25, 0.3) is 0 Å². The average Bonchev–Trinajstić information content (AvgIpc) is 2.47. The Hall–Kier alpha value is -1.13. The minimum Gasteiger partial charge on any atom is -0.392 e. The number of hydrogen-bond acceptors (Lipinski definition) is 4. The van der Waals surface area contributed by atoms with Gasteiger partial charge in [-0.15, -0.1) is 0 Å². The standard InChI is InChI=1S/C16H28N2O2/c1-5-7-15-10-14(12-19)11-16(17-15)18(8-9-20-4)13(3)6-2/h10-11,13,19H,5-9,12H2,1-4H3. The van der Waals surface area contributed by atoms with Crippen molar-refractivity contribution in [1.29, 1.82) is 0 Å². The molecular weight excluding hydrogens is 252 g/mol. The maximum absolute atomic E-state index is 9.44. The molecule has 1 aromatic rings. The molecule has 0 bridgehead atoms. The summed E-state index contributed by atoms with van der Waals surface area (Å²) in [4.78, 5) is 7.02. The SMILES string of the molecule is CCCc1cc(CO)cc(N(CCOC)C(C)CC)n1. The highest BCUT2D eigenvalue weighted by Crippen LogP contribution is 2.20. The molecular formula is C16H28N2O2. The van der Waals surface area contributed by atoms with Crippen LogP contribution >= 0.6 is 0 Å². The lowest BCUT2D eigenvalue weighted by atomic mass is 10.1. The minimum absolute atomic E-state index is 0.0604. The summed E-state index contributed by atoms with van der Waals surface area (Å²) in [6.07, 6.45) is 3.06. The van der Waals surface area contributed by atoms with Gasteiger partial charge < -0.3 is 14.7 Å². The van der Waals surface area contributed by atoms with Crippen LogP contribution < -0.4 is 4.90 Å². The number of aryl methyl sites for hydroxylation is 1. The fourth-order valence-electron chi connectivity index (χ4n) is 2.23. The van der Waals surface area contributed by atoms with E-state index in [-0.39, 0.29) is 6.61 Å². The van der Waals surface area contributed by atoms with Gasteiger partial charge in [0, 0.05) is 25.4 Å². The molecule has 1 rings (SSSR count). The molecule has 0 saturated heterocycles. The number of aromatic nitrogens is 1. The van der Waals surface area contributed by atoms with E-state index in [2.05, 4.69) is 25.7 Å². The van der Waals surface area contributed by atoms with Crippen molar-refractivity contribution in [2.24, 2.45) is 0 Å². The first-order valence-electron chi connectivity index (χ1n) is 7.52. The van der Waals surface area contributed by atoms with E-state index < -0.39 is 0 Å². The van der Waals surface area contributed by atoms with Crippen LogP contribution in [0.15, 0.2) is 12.1 Å². The van der Waals surface area contributed by atoms with E-state index in [0.29, 0.717) is 12.6 Å². The highest BCUT2D eigenvalue weighted by molar-refractivity contribution is 5.43. The third kappa shape index (κ3) is 4.76. The number of aliphatic hydroxyl groups excluding tert-OH is 1. The van der Waals surface area contributed by atoms with Crippen LogP contribution in [-0.2, 0) is 17.8 Å². The van der Waals surface area contributed by atoms with Crippen molar-refractivity contribution in [1.82, 2.24) is 4.98 Å². The number of hydrogen-bond donors (Lipinski definition) is 1.